The molecule has 0 radical (unpaired) electrons. The number of rotatable bonds is 6. The van der Waals surface area contributed by atoms with Crippen LogP contribution in [-0.4, -0.2) is 41.7 Å². The molecule has 1 N–H and O–H groups in total. The molecule has 1 fully saturated rings. The minimum Gasteiger partial charge on any atom is -0.467 e. The second kappa shape index (κ2) is 8.02. The Morgan fingerprint density at radius 1 is 1.33 bits per heavy atom. The second-order valence-electron chi connectivity index (χ2n) is 6.60. The minimum absolute atomic E-state index is 0.0813. The Labute approximate surface area is 161 Å². The molecular weight excluding hydrogens is 362 g/mol. The minimum atomic E-state index is -0.177. The molecule has 1 aromatic carbocycles. The van der Waals surface area contributed by atoms with Crippen molar-refractivity contribution in [3.8, 4) is 17.0 Å². The molecule has 2 aromatic heterocycles. The first kappa shape index (κ1) is 17.9. The van der Waals surface area contributed by atoms with E-state index in [1.807, 2.05) is 5.38 Å². The van der Waals surface area contributed by atoms with Gasteiger partial charge in [-0.1, -0.05) is 29.8 Å². The Morgan fingerprint density at radius 2 is 2.19 bits per heavy atom. The highest BCUT2D eigenvalue weighted by atomic mass is 32.1. The number of amides is 1. The fraction of sp³-hybridized carbons (Fsp3) is 0.350. The van der Waals surface area contributed by atoms with E-state index in [1.54, 1.807) is 11.3 Å². The van der Waals surface area contributed by atoms with Crippen LogP contribution >= 0.6 is 11.3 Å². The molecule has 3 heterocycles. The molecule has 4 rings (SSSR count). The number of hydrogen-bond donors (Lipinski definition) is 1. The largest absolute Gasteiger partial charge is 0.467 e. The van der Waals surface area contributed by atoms with E-state index in [1.165, 1.54) is 11.9 Å². The number of aryl methyl sites for hydroxylation is 1. The highest BCUT2D eigenvalue weighted by molar-refractivity contribution is 7.17. The summed E-state index contributed by atoms with van der Waals surface area (Å²) in [4.78, 5) is 21.5. The number of nitrogens with zero attached hydrogens (tertiary/aromatic N) is 2. The lowest BCUT2D eigenvalue weighted by atomic mass is 10.0. The molecule has 0 bridgehead atoms. The zero-order valence-corrected chi connectivity index (χ0v) is 15.9. The Bertz CT molecular complexity index is 933. The first-order valence-corrected chi connectivity index (χ1v) is 9.89. The van der Waals surface area contributed by atoms with Crippen molar-refractivity contribution in [1.82, 2.24) is 15.3 Å². The predicted octanol–water partition coefficient (Wildman–Crippen LogP) is 3.34. The van der Waals surface area contributed by atoms with Crippen molar-refractivity contribution in [2.45, 2.75) is 25.9 Å². The van der Waals surface area contributed by atoms with Gasteiger partial charge in [-0.15, -0.1) is 11.3 Å². The van der Waals surface area contributed by atoms with Crippen LogP contribution in [0.25, 0.3) is 21.3 Å². The maximum absolute atomic E-state index is 12.1. The van der Waals surface area contributed by atoms with Crippen LogP contribution in [0, 0.1) is 6.92 Å². The Balaban J connectivity index is 1.49. The van der Waals surface area contributed by atoms with E-state index in [4.69, 9.17) is 9.47 Å². The van der Waals surface area contributed by atoms with Crippen LogP contribution in [0.15, 0.2) is 36.0 Å². The summed E-state index contributed by atoms with van der Waals surface area (Å²) in [7, 11) is 0. The topological polar surface area (TPSA) is 73.3 Å². The standard InChI is InChI=1S/C20H21N3O3S/c1-13-4-6-14(7-5-13)16-11-27-20-18(16)19(22-12-23-20)26-10-17(24)21-9-15-3-2-8-25-15/h4-7,11-12,15H,2-3,8-10H2,1H3,(H,21,24). The van der Waals surface area contributed by atoms with Gasteiger partial charge in [0.2, 0.25) is 5.88 Å². The normalized spacial score (nSPS) is 16.6. The third kappa shape index (κ3) is 4.09. The maximum atomic E-state index is 12.1. The molecule has 0 saturated carbocycles. The first-order valence-electron chi connectivity index (χ1n) is 9.01. The van der Waals surface area contributed by atoms with Gasteiger partial charge in [-0.2, -0.15) is 0 Å². The van der Waals surface area contributed by atoms with E-state index in [2.05, 4.69) is 46.5 Å². The lowest BCUT2D eigenvalue weighted by Crippen LogP contribution is -2.35. The van der Waals surface area contributed by atoms with Gasteiger partial charge >= 0.3 is 0 Å². The molecule has 6 nitrogen and oxygen atoms in total. The number of carbonyl (C=O) groups excluding carboxylic acids is 1. The smallest absolute Gasteiger partial charge is 0.258 e. The molecular formula is C20H21N3O3S. The van der Waals surface area contributed by atoms with Gasteiger partial charge < -0.3 is 14.8 Å². The lowest BCUT2D eigenvalue weighted by molar-refractivity contribution is -0.123. The zero-order valence-electron chi connectivity index (χ0n) is 15.1. The molecule has 140 valence electrons. The van der Waals surface area contributed by atoms with E-state index >= 15 is 0 Å². The molecule has 1 atom stereocenters. The number of fused-ring (bicyclic) bond motifs is 1. The third-order valence-electron chi connectivity index (χ3n) is 4.59. The van der Waals surface area contributed by atoms with Gasteiger partial charge in [-0.05, 0) is 25.3 Å². The van der Waals surface area contributed by atoms with Crippen molar-refractivity contribution in [2.24, 2.45) is 0 Å². The monoisotopic (exact) mass is 383 g/mol. The molecule has 1 amide bonds. The number of nitrogens with one attached hydrogen (secondary N) is 1. The average molecular weight is 383 g/mol. The zero-order chi connectivity index (χ0) is 18.6. The second-order valence-corrected chi connectivity index (χ2v) is 7.46. The van der Waals surface area contributed by atoms with E-state index in [-0.39, 0.29) is 18.6 Å². The molecule has 0 aliphatic carbocycles. The van der Waals surface area contributed by atoms with Crippen molar-refractivity contribution >= 4 is 27.5 Å². The number of ether oxygens (including phenoxy) is 2. The number of hydrogen-bond acceptors (Lipinski definition) is 6. The van der Waals surface area contributed by atoms with Crippen molar-refractivity contribution < 1.29 is 14.3 Å². The third-order valence-corrected chi connectivity index (χ3v) is 5.48. The SMILES string of the molecule is Cc1ccc(-c2csc3ncnc(OCC(=O)NCC4CCCO4)c23)cc1. The maximum Gasteiger partial charge on any atom is 0.258 e. The van der Waals surface area contributed by atoms with Gasteiger partial charge in [0, 0.05) is 24.1 Å². The molecule has 3 aromatic rings. The van der Waals surface area contributed by atoms with Crippen LogP contribution in [-0.2, 0) is 9.53 Å². The van der Waals surface area contributed by atoms with Crippen molar-refractivity contribution in [3.63, 3.8) is 0 Å². The van der Waals surface area contributed by atoms with Crippen LogP contribution in [0.5, 0.6) is 5.88 Å². The molecule has 1 aliphatic rings. The fourth-order valence-electron chi connectivity index (χ4n) is 3.12. The number of benzene rings is 1. The van der Waals surface area contributed by atoms with Crippen molar-refractivity contribution in [3.05, 3.63) is 41.5 Å². The average Bonchev–Trinajstić information content (AvgIpc) is 3.35. The summed E-state index contributed by atoms with van der Waals surface area (Å²) in [5.41, 5.74) is 3.30. The highest BCUT2D eigenvalue weighted by Crippen LogP contribution is 2.37. The van der Waals surface area contributed by atoms with E-state index < -0.39 is 0 Å². The summed E-state index contributed by atoms with van der Waals surface area (Å²) in [6.07, 6.45) is 3.63. The lowest BCUT2D eigenvalue weighted by Gasteiger charge is -2.11. The van der Waals surface area contributed by atoms with Crippen LogP contribution in [0.2, 0.25) is 0 Å². The Kier molecular flexibility index (Phi) is 5.31. The van der Waals surface area contributed by atoms with Gasteiger partial charge in [-0.25, -0.2) is 9.97 Å². The van der Waals surface area contributed by atoms with Gasteiger partial charge in [-0.3, -0.25) is 4.79 Å². The summed E-state index contributed by atoms with van der Waals surface area (Å²) in [6.45, 7) is 3.27. The molecule has 1 saturated heterocycles. The van der Waals surface area contributed by atoms with Gasteiger partial charge in [0.05, 0.1) is 11.5 Å². The number of carbonyl (C=O) groups is 1. The predicted molar refractivity (Wildman–Crippen MR) is 105 cm³/mol. The van der Waals surface area contributed by atoms with Crippen LogP contribution in [0.3, 0.4) is 0 Å². The Morgan fingerprint density at radius 3 is 2.96 bits per heavy atom. The molecule has 0 spiro atoms. The molecule has 27 heavy (non-hydrogen) atoms. The fourth-order valence-corrected chi connectivity index (χ4v) is 4.03. The van der Waals surface area contributed by atoms with E-state index in [9.17, 15) is 4.79 Å². The van der Waals surface area contributed by atoms with Gasteiger partial charge in [0.1, 0.15) is 11.2 Å². The van der Waals surface area contributed by atoms with Crippen LogP contribution < -0.4 is 10.1 Å². The summed E-state index contributed by atoms with van der Waals surface area (Å²) >= 11 is 1.54. The highest BCUT2D eigenvalue weighted by Gasteiger charge is 2.18. The van der Waals surface area contributed by atoms with Gasteiger partial charge in [0.15, 0.2) is 6.61 Å². The van der Waals surface area contributed by atoms with Crippen molar-refractivity contribution in [2.75, 3.05) is 19.8 Å². The molecule has 7 heteroatoms. The number of aromatic nitrogens is 2. The number of thiophene rings is 1. The molecule has 1 aliphatic heterocycles. The summed E-state index contributed by atoms with van der Waals surface area (Å²) in [5, 5.41) is 5.76. The van der Waals surface area contributed by atoms with E-state index in [0.717, 1.165) is 40.8 Å². The van der Waals surface area contributed by atoms with E-state index in [0.29, 0.717) is 12.4 Å². The van der Waals surface area contributed by atoms with Crippen molar-refractivity contribution in [1.29, 1.82) is 0 Å². The van der Waals surface area contributed by atoms with Gasteiger partial charge in [0.25, 0.3) is 5.91 Å². The molecule has 1 unspecified atom stereocenters. The summed E-state index contributed by atoms with van der Waals surface area (Å²) in [6, 6.07) is 8.28. The van der Waals surface area contributed by atoms with Crippen LogP contribution in [0.1, 0.15) is 18.4 Å². The quantitative estimate of drug-likeness (QED) is 0.707. The first-order chi connectivity index (χ1) is 13.2. The van der Waals surface area contributed by atoms with Crippen LogP contribution in [0.4, 0.5) is 0 Å². The Hall–Kier alpha value is -2.51. The summed E-state index contributed by atoms with van der Waals surface area (Å²) < 4.78 is 11.3. The summed E-state index contributed by atoms with van der Waals surface area (Å²) in [5.74, 6) is 0.258.